The van der Waals surface area contributed by atoms with Crippen molar-refractivity contribution in [3.8, 4) is 11.8 Å². The number of rotatable bonds is 6. The lowest BCUT2D eigenvalue weighted by Gasteiger charge is -2.43. The standard InChI is InChI=1S/C28H28N2OSi/c1-28(2,3)32(26-12-6-4-7-13-26,27-14-8-5-9-15-27)31-22-23-16-18-24(19-17-23)30-20-10-11-25(30)21-29/h4-20H,22H2,1-3H3. The number of hydrogen-bond acceptors (Lipinski definition) is 2. The molecule has 0 spiro atoms. The van der Waals surface area contributed by atoms with Crippen molar-refractivity contribution in [3.63, 3.8) is 0 Å². The number of aromatic nitrogens is 1. The highest BCUT2D eigenvalue weighted by molar-refractivity contribution is 6.99. The van der Waals surface area contributed by atoms with E-state index in [9.17, 15) is 5.26 Å². The first-order valence-corrected chi connectivity index (χ1v) is 12.8. The molecule has 0 atom stereocenters. The fourth-order valence-corrected chi connectivity index (χ4v) is 8.94. The van der Waals surface area contributed by atoms with Crippen LogP contribution < -0.4 is 10.4 Å². The van der Waals surface area contributed by atoms with Crippen molar-refractivity contribution < 1.29 is 4.43 Å². The van der Waals surface area contributed by atoms with Gasteiger partial charge in [-0.1, -0.05) is 93.6 Å². The Morgan fingerprint density at radius 2 is 1.34 bits per heavy atom. The quantitative estimate of drug-likeness (QED) is 0.378. The molecule has 0 radical (unpaired) electrons. The van der Waals surface area contributed by atoms with Crippen molar-refractivity contribution in [2.45, 2.75) is 32.4 Å². The van der Waals surface area contributed by atoms with Crippen molar-refractivity contribution >= 4 is 18.7 Å². The molecule has 0 aliphatic carbocycles. The van der Waals surface area contributed by atoms with Gasteiger partial charge in [-0.2, -0.15) is 5.26 Å². The summed E-state index contributed by atoms with van der Waals surface area (Å²) in [5, 5.41) is 11.8. The lowest BCUT2D eigenvalue weighted by atomic mass is 10.2. The summed E-state index contributed by atoms with van der Waals surface area (Å²) in [6, 6.07) is 35.6. The van der Waals surface area contributed by atoms with E-state index in [2.05, 4.69) is 99.6 Å². The summed E-state index contributed by atoms with van der Waals surface area (Å²) in [7, 11) is -2.56. The smallest absolute Gasteiger partial charge is 0.261 e. The molecule has 1 heterocycles. The van der Waals surface area contributed by atoms with Gasteiger partial charge in [0.05, 0.1) is 6.61 Å². The Morgan fingerprint density at radius 1 is 0.781 bits per heavy atom. The second kappa shape index (κ2) is 9.00. The number of benzene rings is 3. The molecule has 0 saturated carbocycles. The maximum absolute atomic E-state index is 9.30. The first kappa shape index (κ1) is 21.8. The lowest BCUT2D eigenvalue weighted by Crippen LogP contribution is -2.66. The van der Waals surface area contributed by atoms with Crippen LogP contribution >= 0.6 is 0 Å². The van der Waals surface area contributed by atoms with Gasteiger partial charge >= 0.3 is 0 Å². The predicted molar refractivity (Wildman–Crippen MR) is 133 cm³/mol. The molecule has 0 fully saturated rings. The summed E-state index contributed by atoms with van der Waals surface area (Å²) in [6.07, 6.45) is 1.91. The largest absolute Gasteiger partial charge is 0.403 e. The summed E-state index contributed by atoms with van der Waals surface area (Å²) < 4.78 is 8.90. The highest BCUT2D eigenvalue weighted by atomic mass is 28.4. The molecule has 3 aromatic carbocycles. The Balaban J connectivity index is 1.69. The third-order valence-corrected chi connectivity index (χ3v) is 10.9. The number of nitrogens with zero attached hydrogens (tertiary/aromatic N) is 2. The molecule has 0 N–H and O–H groups in total. The molecular formula is C28H28N2OSi. The predicted octanol–water partition coefficient (Wildman–Crippen LogP) is 5.43. The molecule has 0 bridgehead atoms. The third kappa shape index (κ3) is 4.05. The van der Waals surface area contributed by atoms with Gasteiger partial charge in [0.1, 0.15) is 11.8 Å². The average molecular weight is 437 g/mol. The van der Waals surface area contributed by atoms with Gasteiger partial charge in [-0.25, -0.2) is 0 Å². The van der Waals surface area contributed by atoms with Gasteiger partial charge in [0.15, 0.2) is 0 Å². The van der Waals surface area contributed by atoms with Crippen molar-refractivity contribution in [1.82, 2.24) is 4.57 Å². The van der Waals surface area contributed by atoms with Gasteiger partial charge in [0.25, 0.3) is 8.32 Å². The number of hydrogen-bond donors (Lipinski definition) is 0. The van der Waals surface area contributed by atoms with Crippen LogP contribution in [0.2, 0.25) is 5.04 Å². The van der Waals surface area contributed by atoms with Crippen LogP contribution in [0.5, 0.6) is 0 Å². The first-order chi connectivity index (χ1) is 15.5. The minimum Gasteiger partial charge on any atom is -0.403 e. The van der Waals surface area contributed by atoms with Crippen LogP contribution in [0.4, 0.5) is 0 Å². The van der Waals surface area contributed by atoms with E-state index in [1.165, 1.54) is 10.4 Å². The molecule has 0 unspecified atom stereocenters. The zero-order valence-corrected chi connectivity index (χ0v) is 19.8. The van der Waals surface area contributed by atoms with Gasteiger partial charge in [-0.05, 0) is 45.2 Å². The molecule has 160 valence electrons. The van der Waals surface area contributed by atoms with E-state index in [1.807, 2.05) is 35.0 Å². The minimum absolute atomic E-state index is 0.0531. The van der Waals surface area contributed by atoms with E-state index < -0.39 is 8.32 Å². The van der Waals surface area contributed by atoms with Crippen LogP contribution in [0.1, 0.15) is 32.0 Å². The van der Waals surface area contributed by atoms with E-state index in [0.717, 1.165) is 11.3 Å². The summed E-state index contributed by atoms with van der Waals surface area (Å²) in [5.41, 5.74) is 2.72. The molecule has 32 heavy (non-hydrogen) atoms. The second-order valence-electron chi connectivity index (χ2n) is 8.99. The second-order valence-corrected chi connectivity index (χ2v) is 13.3. The van der Waals surface area contributed by atoms with Gasteiger partial charge in [-0.3, -0.25) is 0 Å². The Morgan fingerprint density at radius 3 is 1.84 bits per heavy atom. The van der Waals surface area contributed by atoms with Crippen LogP contribution in [0.25, 0.3) is 5.69 Å². The van der Waals surface area contributed by atoms with Crippen LogP contribution in [0, 0.1) is 11.3 Å². The van der Waals surface area contributed by atoms with E-state index in [0.29, 0.717) is 12.3 Å². The van der Waals surface area contributed by atoms with Crippen LogP contribution in [0.15, 0.2) is 103 Å². The normalized spacial score (nSPS) is 11.8. The Hall–Kier alpha value is -3.39. The molecule has 4 heteroatoms. The fourth-order valence-electron chi connectivity index (χ4n) is 4.40. The van der Waals surface area contributed by atoms with Gasteiger partial charge in [0, 0.05) is 11.9 Å². The molecule has 4 aromatic rings. The fraction of sp³-hybridized carbons (Fsp3) is 0.179. The van der Waals surface area contributed by atoms with E-state index in [-0.39, 0.29) is 5.04 Å². The van der Waals surface area contributed by atoms with Gasteiger partial charge in [0.2, 0.25) is 0 Å². The molecule has 1 aromatic heterocycles. The number of nitriles is 1. The summed E-state index contributed by atoms with van der Waals surface area (Å²) in [6.45, 7) is 7.40. The van der Waals surface area contributed by atoms with E-state index in [1.54, 1.807) is 0 Å². The topological polar surface area (TPSA) is 38.0 Å². The third-order valence-electron chi connectivity index (χ3n) is 5.95. The van der Waals surface area contributed by atoms with Crippen LogP contribution in [-0.4, -0.2) is 12.9 Å². The van der Waals surface area contributed by atoms with Gasteiger partial charge in [-0.15, -0.1) is 0 Å². The summed E-state index contributed by atoms with van der Waals surface area (Å²) in [5.74, 6) is 0. The maximum atomic E-state index is 9.30. The highest BCUT2D eigenvalue weighted by Crippen LogP contribution is 2.37. The molecule has 4 rings (SSSR count). The van der Waals surface area contributed by atoms with Crippen molar-refractivity contribution in [3.05, 3.63) is 115 Å². The van der Waals surface area contributed by atoms with Crippen LogP contribution in [-0.2, 0) is 11.0 Å². The summed E-state index contributed by atoms with van der Waals surface area (Å²) in [4.78, 5) is 0. The SMILES string of the molecule is CC(C)(C)[Si](OCc1ccc(-n2cccc2C#N)cc1)(c1ccccc1)c1ccccc1. The highest BCUT2D eigenvalue weighted by Gasteiger charge is 2.50. The monoisotopic (exact) mass is 436 g/mol. The molecule has 0 aliphatic heterocycles. The maximum Gasteiger partial charge on any atom is 0.261 e. The molecule has 3 nitrogen and oxygen atoms in total. The molecular weight excluding hydrogens is 408 g/mol. The average Bonchev–Trinajstić information content (AvgIpc) is 3.29. The van der Waals surface area contributed by atoms with Crippen molar-refractivity contribution in [2.24, 2.45) is 0 Å². The molecule has 0 saturated heterocycles. The zero-order valence-electron chi connectivity index (χ0n) is 18.8. The Labute approximate surface area is 191 Å². The Bertz CT molecular complexity index is 1160. The van der Waals surface area contributed by atoms with Crippen molar-refractivity contribution in [2.75, 3.05) is 0 Å². The zero-order chi connectivity index (χ0) is 22.6. The van der Waals surface area contributed by atoms with Crippen LogP contribution in [0.3, 0.4) is 0 Å². The Kier molecular flexibility index (Phi) is 6.14. The molecule has 0 amide bonds. The van der Waals surface area contributed by atoms with E-state index >= 15 is 0 Å². The van der Waals surface area contributed by atoms with Gasteiger partial charge < -0.3 is 8.99 Å². The minimum atomic E-state index is -2.56. The van der Waals surface area contributed by atoms with E-state index in [4.69, 9.17) is 4.43 Å². The lowest BCUT2D eigenvalue weighted by molar-refractivity contribution is 0.286. The summed E-state index contributed by atoms with van der Waals surface area (Å²) >= 11 is 0. The first-order valence-electron chi connectivity index (χ1n) is 10.9. The van der Waals surface area contributed by atoms with Crippen molar-refractivity contribution in [1.29, 1.82) is 5.26 Å². The molecule has 0 aliphatic rings.